The van der Waals surface area contributed by atoms with Gasteiger partial charge in [0.15, 0.2) is 0 Å². The molecule has 0 radical (unpaired) electrons. The van der Waals surface area contributed by atoms with Crippen LogP contribution in [0, 0.1) is 0 Å². The van der Waals surface area contributed by atoms with Gasteiger partial charge in [0.25, 0.3) is 6.47 Å². The average molecular weight is 280 g/mol. The zero-order chi connectivity index (χ0) is 12.7. The average Bonchev–Trinajstić information content (AvgIpc) is 2.65. The molecule has 0 amide bonds. The number of hydrogen-bond acceptors (Lipinski definition) is 4. The molecule has 0 aliphatic carbocycles. The van der Waals surface area contributed by atoms with E-state index in [0.717, 1.165) is 21.9 Å². The lowest BCUT2D eigenvalue weighted by Gasteiger charge is -1.97. The highest BCUT2D eigenvalue weighted by Gasteiger charge is 2.13. The molecule has 90 valence electrons. The molecule has 0 aromatic carbocycles. The Morgan fingerprint density at radius 3 is 3.06 bits per heavy atom. The number of carbonyl (C=O) groups is 1. The summed E-state index contributed by atoms with van der Waals surface area (Å²) in [7, 11) is 2.56. The van der Waals surface area contributed by atoms with Crippen LogP contribution in [0.25, 0.3) is 21.9 Å². The third-order valence-electron chi connectivity index (χ3n) is 2.66. The fourth-order valence-electron chi connectivity index (χ4n) is 1.91. The number of aromatic nitrogens is 3. The van der Waals surface area contributed by atoms with Gasteiger partial charge in [0.2, 0.25) is 5.88 Å². The van der Waals surface area contributed by atoms with Gasteiger partial charge in [-0.15, -0.1) is 0 Å². The van der Waals surface area contributed by atoms with Crippen LogP contribution < -0.4 is 4.74 Å². The third-order valence-corrected chi connectivity index (χ3v) is 3.50. The lowest BCUT2D eigenvalue weighted by atomic mass is 10.2. The summed E-state index contributed by atoms with van der Waals surface area (Å²) in [4.78, 5) is 18.6. The molecule has 0 bridgehead atoms. The molecule has 3 aromatic rings. The standard InChI is InChI=1S/C11H7ClN3O2P/c12-7-1-2-13-11-10(7)6-3-9(17-5-16)14-4-8(6)15(11)18/h1-5H,18H2. The molecule has 3 rings (SSSR count). The maximum Gasteiger partial charge on any atom is 0.299 e. The molecule has 5 nitrogen and oxygen atoms in total. The molecule has 0 spiro atoms. The summed E-state index contributed by atoms with van der Waals surface area (Å²) in [6.45, 7) is 0.341. The summed E-state index contributed by atoms with van der Waals surface area (Å²) in [5, 5.41) is 2.24. The van der Waals surface area contributed by atoms with Gasteiger partial charge in [0.05, 0.1) is 16.7 Å². The molecule has 1 atom stereocenters. The Bertz CT molecular complexity index is 772. The van der Waals surface area contributed by atoms with Crippen molar-refractivity contribution < 1.29 is 9.53 Å². The van der Waals surface area contributed by atoms with E-state index in [9.17, 15) is 4.79 Å². The molecule has 0 saturated carbocycles. The van der Waals surface area contributed by atoms with Crippen LogP contribution in [-0.4, -0.2) is 20.8 Å². The van der Waals surface area contributed by atoms with Gasteiger partial charge in [0, 0.05) is 23.0 Å². The van der Waals surface area contributed by atoms with E-state index < -0.39 is 0 Å². The Morgan fingerprint density at radius 1 is 1.44 bits per heavy atom. The number of nitrogens with zero attached hydrogens (tertiary/aromatic N) is 3. The number of hydrogen-bond donors (Lipinski definition) is 0. The van der Waals surface area contributed by atoms with Crippen LogP contribution in [0.3, 0.4) is 0 Å². The number of carbonyl (C=O) groups excluding carboxylic acids is 1. The first kappa shape index (κ1) is 11.4. The Kier molecular flexibility index (Phi) is 2.65. The topological polar surface area (TPSA) is 57.0 Å². The summed E-state index contributed by atoms with van der Waals surface area (Å²) >= 11 is 6.19. The number of rotatable bonds is 2. The van der Waals surface area contributed by atoms with Crippen LogP contribution >= 0.6 is 21.0 Å². The summed E-state index contributed by atoms with van der Waals surface area (Å²) in [6, 6.07) is 3.38. The molecule has 0 aliphatic rings. The molecule has 0 aliphatic heterocycles. The number of pyridine rings is 2. The van der Waals surface area contributed by atoms with Gasteiger partial charge in [-0.25, -0.2) is 9.97 Å². The van der Waals surface area contributed by atoms with Crippen molar-refractivity contribution >= 4 is 49.4 Å². The van der Waals surface area contributed by atoms with Crippen molar-refractivity contribution in [3.63, 3.8) is 0 Å². The molecule has 3 heterocycles. The lowest BCUT2D eigenvalue weighted by Crippen LogP contribution is -1.91. The van der Waals surface area contributed by atoms with E-state index in [-0.39, 0.29) is 5.88 Å². The van der Waals surface area contributed by atoms with Crippen molar-refractivity contribution in [2.24, 2.45) is 0 Å². The van der Waals surface area contributed by atoms with Crippen LogP contribution in [0.1, 0.15) is 0 Å². The SMILES string of the molecule is O=COc1cc2c3c(Cl)ccnc3n(P)c2cn1. The summed E-state index contributed by atoms with van der Waals surface area (Å²) in [5.41, 5.74) is 1.57. The normalized spacial score (nSPS) is 11.0. The second-order valence-corrected chi connectivity index (χ2v) is 4.54. The Morgan fingerprint density at radius 2 is 2.28 bits per heavy atom. The first-order chi connectivity index (χ1) is 8.72. The third kappa shape index (κ3) is 1.55. The van der Waals surface area contributed by atoms with Gasteiger partial charge in [-0.1, -0.05) is 11.6 Å². The van der Waals surface area contributed by atoms with Crippen molar-refractivity contribution in [3.05, 3.63) is 29.5 Å². The summed E-state index contributed by atoms with van der Waals surface area (Å²) in [5.74, 6) is 0.231. The zero-order valence-electron chi connectivity index (χ0n) is 9.00. The number of halogens is 1. The second kappa shape index (κ2) is 4.19. The van der Waals surface area contributed by atoms with Crippen molar-refractivity contribution in [2.75, 3.05) is 0 Å². The van der Waals surface area contributed by atoms with E-state index in [1.54, 1.807) is 24.5 Å². The van der Waals surface area contributed by atoms with Crippen molar-refractivity contribution in [3.8, 4) is 5.88 Å². The Balaban J connectivity index is 2.46. The zero-order valence-corrected chi connectivity index (χ0v) is 10.9. The quantitative estimate of drug-likeness (QED) is 0.534. The van der Waals surface area contributed by atoms with Crippen LogP contribution in [0.15, 0.2) is 24.5 Å². The first-order valence-corrected chi connectivity index (χ1v) is 5.92. The fraction of sp³-hybridized carbons (Fsp3) is 0. The van der Waals surface area contributed by atoms with E-state index in [1.807, 2.05) is 4.34 Å². The van der Waals surface area contributed by atoms with Gasteiger partial charge >= 0.3 is 0 Å². The predicted octanol–water partition coefficient (Wildman–Crippen LogP) is 2.41. The van der Waals surface area contributed by atoms with Gasteiger partial charge in [-0.3, -0.25) is 4.79 Å². The summed E-state index contributed by atoms with van der Waals surface area (Å²) in [6.07, 6.45) is 3.25. The van der Waals surface area contributed by atoms with Crippen LogP contribution in [0.4, 0.5) is 0 Å². The lowest BCUT2D eigenvalue weighted by molar-refractivity contribution is -0.120. The minimum atomic E-state index is 0.231. The minimum absolute atomic E-state index is 0.231. The van der Waals surface area contributed by atoms with Crippen LogP contribution in [0.2, 0.25) is 5.02 Å². The molecule has 3 aromatic heterocycles. The fourth-order valence-corrected chi connectivity index (χ4v) is 2.55. The first-order valence-electron chi connectivity index (χ1n) is 5.02. The molecule has 1 unspecified atom stereocenters. The highest BCUT2D eigenvalue weighted by molar-refractivity contribution is 7.15. The molecule has 0 N–H and O–H groups in total. The van der Waals surface area contributed by atoms with Crippen molar-refractivity contribution in [1.29, 1.82) is 0 Å². The van der Waals surface area contributed by atoms with E-state index >= 15 is 0 Å². The van der Waals surface area contributed by atoms with E-state index in [4.69, 9.17) is 16.3 Å². The molecular weight excluding hydrogens is 273 g/mol. The molecule has 7 heteroatoms. The van der Waals surface area contributed by atoms with E-state index in [1.165, 1.54) is 0 Å². The summed E-state index contributed by atoms with van der Waals surface area (Å²) < 4.78 is 6.55. The molecular formula is C11H7ClN3O2P. The molecule has 0 saturated heterocycles. The molecule has 0 fully saturated rings. The maximum atomic E-state index is 10.3. The smallest absolute Gasteiger partial charge is 0.299 e. The van der Waals surface area contributed by atoms with Crippen LogP contribution in [-0.2, 0) is 4.79 Å². The highest BCUT2D eigenvalue weighted by atomic mass is 35.5. The van der Waals surface area contributed by atoms with Gasteiger partial charge in [0.1, 0.15) is 5.65 Å². The number of ether oxygens (including phenoxy) is 1. The van der Waals surface area contributed by atoms with Gasteiger partial charge in [-0.2, -0.15) is 0 Å². The van der Waals surface area contributed by atoms with Gasteiger partial charge < -0.3 is 9.07 Å². The Labute approximate surface area is 109 Å². The van der Waals surface area contributed by atoms with E-state index in [0.29, 0.717) is 11.5 Å². The van der Waals surface area contributed by atoms with E-state index in [2.05, 4.69) is 19.4 Å². The van der Waals surface area contributed by atoms with Crippen molar-refractivity contribution in [2.45, 2.75) is 0 Å². The van der Waals surface area contributed by atoms with Gasteiger partial charge in [-0.05, 0) is 15.5 Å². The maximum absolute atomic E-state index is 10.3. The Hall–Kier alpha value is -1.71. The predicted molar refractivity (Wildman–Crippen MR) is 71.8 cm³/mol. The largest absolute Gasteiger partial charge is 0.410 e. The van der Waals surface area contributed by atoms with Crippen LogP contribution in [0.5, 0.6) is 5.88 Å². The second-order valence-electron chi connectivity index (χ2n) is 3.62. The molecule has 18 heavy (non-hydrogen) atoms. The van der Waals surface area contributed by atoms with Crippen molar-refractivity contribution in [1.82, 2.24) is 14.3 Å². The monoisotopic (exact) mass is 279 g/mol. The minimum Gasteiger partial charge on any atom is -0.410 e. The highest BCUT2D eigenvalue weighted by Crippen LogP contribution is 2.34. The number of fused-ring (bicyclic) bond motifs is 3.